The van der Waals surface area contributed by atoms with Gasteiger partial charge in [0.25, 0.3) is 0 Å². The van der Waals surface area contributed by atoms with E-state index < -0.39 is 5.91 Å². The van der Waals surface area contributed by atoms with Crippen molar-refractivity contribution in [1.29, 1.82) is 0 Å². The predicted octanol–water partition coefficient (Wildman–Crippen LogP) is 2.42. The van der Waals surface area contributed by atoms with Crippen molar-refractivity contribution in [2.75, 3.05) is 11.1 Å². The second-order valence-electron chi connectivity index (χ2n) is 4.77. The summed E-state index contributed by atoms with van der Waals surface area (Å²) in [6.45, 7) is 1.61. The van der Waals surface area contributed by atoms with Crippen LogP contribution in [0.25, 0.3) is 0 Å². The van der Waals surface area contributed by atoms with Crippen molar-refractivity contribution in [2.24, 2.45) is 0 Å². The van der Waals surface area contributed by atoms with Crippen LogP contribution in [-0.2, 0) is 6.42 Å². The first-order valence-electron chi connectivity index (χ1n) is 6.60. The van der Waals surface area contributed by atoms with Crippen molar-refractivity contribution in [3.05, 3.63) is 45.6 Å². The van der Waals surface area contributed by atoms with Gasteiger partial charge in [-0.25, -0.2) is 4.98 Å². The number of nitrogens with two attached hydrogens (primary N) is 1. The normalized spacial score (nSPS) is 11.5. The smallest absolute Gasteiger partial charge is 0.245 e. The van der Waals surface area contributed by atoms with Gasteiger partial charge in [0.1, 0.15) is 5.82 Å². The Morgan fingerprint density at radius 2 is 1.86 bits per heavy atom. The number of aliphatic hydroxyl groups is 2. The van der Waals surface area contributed by atoms with E-state index in [0.717, 1.165) is 0 Å². The van der Waals surface area contributed by atoms with Gasteiger partial charge in [-0.15, -0.1) is 0 Å². The first-order chi connectivity index (χ1) is 10.3. The molecule has 5 N–H and O–H groups in total. The van der Waals surface area contributed by atoms with E-state index in [1.165, 1.54) is 0 Å². The van der Waals surface area contributed by atoms with Crippen LogP contribution in [0.15, 0.2) is 24.3 Å². The van der Waals surface area contributed by atoms with E-state index in [1.54, 1.807) is 31.2 Å². The fourth-order valence-corrected chi connectivity index (χ4v) is 2.38. The van der Waals surface area contributed by atoms with E-state index in [2.05, 4.69) is 15.3 Å². The number of halogens is 2. The molecule has 0 aliphatic carbocycles. The predicted molar refractivity (Wildman–Crippen MR) is 86.8 cm³/mol. The third-order valence-electron chi connectivity index (χ3n) is 3.04. The minimum Gasteiger partial charge on any atom is -0.368 e. The highest BCUT2D eigenvalue weighted by Crippen LogP contribution is 2.27. The Labute approximate surface area is 137 Å². The summed E-state index contributed by atoms with van der Waals surface area (Å²) in [5, 5.41) is 22.8. The second-order valence-corrected chi connectivity index (χ2v) is 5.59. The number of hydrogen-bond acceptors (Lipinski definition) is 6. The van der Waals surface area contributed by atoms with Crippen molar-refractivity contribution in [3.8, 4) is 0 Å². The molecule has 0 spiro atoms. The van der Waals surface area contributed by atoms with Crippen molar-refractivity contribution >= 4 is 35.0 Å². The van der Waals surface area contributed by atoms with Crippen LogP contribution in [-0.4, -0.2) is 26.1 Å². The number of nitrogens with one attached hydrogen (secondary N) is 1. The summed E-state index contributed by atoms with van der Waals surface area (Å²) in [5.74, 6) is -1.85. The molecule has 0 radical (unpaired) electrons. The summed E-state index contributed by atoms with van der Waals surface area (Å²) < 4.78 is 0. The first-order valence-corrected chi connectivity index (χ1v) is 7.35. The van der Waals surface area contributed by atoms with Gasteiger partial charge in [0, 0.05) is 29.0 Å². The van der Waals surface area contributed by atoms with Gasteiger partial charge in [0.15, 0.2) is 0 Å². The second kappa shape index (κ2) is 6.66. The van der Waals surface area contributed by atoms with Crippen LogP contribution in [0.3, 0.4) is 0 Å². The molecule has 0 fully saturated rings. The molecular weight excluding hydrogens is 327 g/mol. The van der Waals surface area contributed by atoms with Gasteiger partial charge in [0.05, 0.1) is 5.69 Å². The molecule has 0 saturated heterocycles. The van der Waals surface area contributed by atoms with E-state index in [9.17, 15) is 10.2 Å². The van der Waals surface area contributed by atoms with Crippen LogP contribution in [0.4, 0.5) is 11.8 Å². The molecule has 0 bridgehead atoms. The van der Waals surface area contributed by atoms with Crippen LogP contribution in [0.2, 0.25) is 10.0 Å². The summed E-state index contributed by atoms with van der Waals surface area (Å²) >= 11 is 12.3. The highest BCUT2D eigenvalue weighted by atomic mass is 35.5. The number of benzene rings is 1. The Balaban J connectivity index is 2.31. The van der Waals surface area contributed by atoms with Crippen molar-refractivity contribution < 1.29 is 10.2 Å². The molecule has 6 nitrogen and oxygen atoms in total. The highest BCUT2D eigenvalue weighted by Gasteiger charge is 2.21. The van der Waals surface area contributed by atoms with E-state index in [0.29, 0.717) is 27.7 Å². The van der Waals surface area contributed by atoms with Crippen LogP contribution < -0.4 is 11.1 Å². The lowest BCUT2D eigenvalue weighted by Crippen LogP contribution is -2.37. The van der Waals surface area contributed by atoms with Gasteiger partial charge in [-0.05, 0) is 17.7 Å². The zero-order valence-electron chi connectivity index (χ0n) is 11.8. The maximum absolute atomic E-state index is 9.64. The van der Waals surface area contributed by atoms with Gasteiger partial charge >= 0.3 is 0 Å². The summed E-state index contributed by atoms with van der Waals surface area (Å²) in [5.41, 5.74) is 6.92. The Bertz CT molecular complexity index is 660. The summed E-state index contributed by atoms with van der Waals surface area (Å²) in [6.07, 6.45) is 0.415. The molecule has 1 heterocycles. The summed E-state index contributed by atoms with van der Waals surface area (Å²) in [7, 11) is 0. The number of hydrogen-bond donors (Lipinski definition) is 4. The number of aromatic nitrogens is 2. The van der Waals surface area contributed by atoms with Gasteiger partial charge in [-0.1, -0.05) is 36.2 Å². The molecule has 2 aromatic rings. The quantitative estimate of drug-likeness (QED) is 0.622. The zero-order valence-corrected chi connectivity index (χ0v) is 13.4. The van der Waals surface area contributed by atoms with Crippen molar-refractivity contribution in [2.45, 2.75) is 25.7 Å². The van der Waals surface area contributed by atoms with Gasteiger partial charge in [-0.2, -0.15) is 4.98 Å². The Hall–Kier alpha value is -1.60. The number of nitrogens with zero attached hydrogens (tertiary/aromatic N) is 2. The van der Waals surface area contributed by atoms with Crippen LogP contribution >= 0.6 is 23.2 Å². The van der Waals surface area contributed by atoms with Gasteiger partial charge in [0.2, 0.25) is 11.9 Å². The van der Waals surface area contributed by atoms with E-state index >= 15 is 0 Å². The first kappa shape index (κ1) is 16.8. The monoisotopic (exact) mass is 342 g/mol. The molecule has 0 atom stereocenters. The number of nitrogen functional groups attached to an aromatic ring is 1. The average molecular weight is 343 g/mol. The standard InChI is InChI=1S/C14H16Cl2N4O2/c1-2-14(21,22)20-12-7-8(18-13(17)19-12)6-9-10(15)4-3-5-11(9)16/h3-5,7,21-22H,2,6H2,1H3,(H3,17,18,19,20). The topological polar surface area (TPSA) is 104 Å². The molecule has 118 valence electrons. The Morgan fingerprint density at radius 3 is 2.45 bits per heavy atom. The van der Waals surface area contributed by atoms with Crippen molar-refractivity contribution in [1.82, 2.24) is 9.97 Å². The number of rotatable bonds is 5. The highest BCUT2D eigenvalue weighted by molar-refractivity contribution is 6.36. The van der Waals surface area contributed by atoms with Crippen molar-refractivity contribution in [3.63, 3.8) is 0 Å². The van der Waals surface area contributed by atoms with E-state index in [4.69, 9.17) is 28.9 Å². The van der Waals surface area contributed by atoms with E-state index in [1.807, 2.05) is 0 Å². The molecule has 2 rings (SSSR count). The van der Waals surface area contributed by atoms with Gasteiger partial charge < -0.3 is 21.3 Å². The summed E-state index contributed by atoms with van der Waals surface area (Å²) in [6, 6.07) is 6.78. The Kier molecular flexibility index (Phi) is 5.08. The fourth-order valence-electron chi connectivity index (χ4n) is 1.85. The third kappa shape index (κ3) is 4.20. The lowest BCUT2D eigenvalue weighted by atomic mass is 10.1. The van der Waals surface area contributed by atoms with Crippen LogP contribution in [0.1, 0.15) is 24.6 Å². The Morgan fingerprint density at radius 1 is 1.23 bits per heavy atom. The fraction of sp³-hybridized carbons (Fsp3) is 0.286. The SMILES string of the molecule is CCC(O)(O)Nc1cc(Cc2c(Cl)cccc2Cl)nc(N)n1. The summed E-state index contributed by atoms with van der Waals surface area (Å²) in [4.78, 5) is 8.04. The maximum Gasteiger partial charge on any atom is 0.245 e. The van der Waals surface area contributed by atoms with Gasteiger partial charge in [-0.3, -0.25) is 0 Å². The molecule has 1 aromatic heterocycles. The molecule has 0 aliphatic heterocycles. The molecule has 22 heavy (non-hydrogen) atoms. The zero-order chi connectivity index (χ0) is 16.3. The molecule has 1 aromatic carbocycles. The number of anilines is 2. The molecular formula is C14H16Cl2N4O2. The lowest BCUT2D eigenvalue weighted by Gasteiger charge is -2.22. The molecule has 0 saturated carbocycles. The van der Waals surface area contributed by atoms with Crippen LogP contribution in [0.5, 0.6) is 0 Å². The molecule has 8 heteroatoms. The lowest BCUT2D eigenvalue weighted by molar-refractivity contribution is -0.137. The maximum atomic E-state index is 9.64. The molecule has 0 aliphatic rings. The largest absolute Gasteiger partial charge is 0.368 e. The minimum absolute atomic E-state index is 0.00933. The molecule has 0 amide bonds. The minimum atomic E-state index is -2.07. The van der Waals surface area contributed by atoms with E-state index in [-0.39, 0.29) is 18.2 Å². The van der Waals surface area contributed by atoms with Crippen LogP contribution in [0, 0.1) is 0 Å². The molecule has 0 unspecified atom stereocenters. The average Bonchev–Trinajstić information content (AvgIpc) is 2.42. The third-order valence-corrected chi connectivity index (χ3v) is 3.75.